The third-order valence-corrected chi connectivity index (χ3v) is 3.66. The molecule has 0 saturated carbocycles. The summed E-state index contributed by atoms with van der Waals surface area (Å²) in [6, 6.07) is 7.64. The van der Waals surface area contributed by atoms with E-state index in [1.807, 2.05) is 38.1 Å². The highest BCUT2D eigenvalue weighted by Gasteiger charge is 2.10. The predicted octanol–water partition coefficient (Wildman–Crippen LogP) is 4.21. The molecule has 128 valence electrons. The van der Waals surface area contributed by atoms with Gasteiger partial charge in [0.25, 0.3) is 0 Å². The first-order chi connectivity index (χ1) is 12.2. The quantitative estimate of drug-likeness (QED) is 0.754. The average Bonchev–Trinajstić information content (AvgIpc) is 3.17. The normalized spacial score (nSPS) is 10.5. The minimum absolute atomic E-state index is 0.450. The Morgan fingerprint density at radius 3 is 2.80 bits per heavy atom. The smallest absolute Gasteiger partial charge is 0.412 e. The van der Waals surface area contributed by atoms with Gasteiger partial charge in [-0.15, -0.1) is 0 Å². The van der Waals surface area contributed by atoms with Gasteiger partial charge in [0, 0.05) is 24.5 Å². The molecule has 2 aromatic heterocycles. The van der Waals surface area contributed by atoms with Crippen LogP contribution >= 0.6 is 0 Å². The van der Waals surface area contributed by atoms with Gasteiger partial charge in [0.15, 0.2) is 0 Å². The second kappa shape index (κ2) is 7.61. The highest BCUT2D eigenvalue weighted by atomic mass is 16.6. The SMILES string of the molecule is CCCNC(=O)Oc1cc(-c2cncc(-c3ncco3)c2)ccc1C. The van der Waals surface area contributed by atoms with Crippen molar-refractivity contribution in [2.24, 2.45) is 0 Å². The molecule has 1 N–H and O–H groups in total. The number of carbonyl (C=O) groups is 1. The van der Waals surface area contributed by atoms with Gasteiger partial charge in [-0.05, 0) is 36.6 Å². The second-order valence-electron chi connectivity index (χ2n) is 5.60. The summed E-state index contributed by atoms with van der Waals surface area (Å²) in [5.74, 6) is 1.03. The van der Waals surface area contributed by atoms with Crippen LogP contribution in [0.3, 0.4) is 0 Å². The number of aromatic nitrogens is 2. The Bertz CT molecular complexity index is 860. The summed E-state index contributed by atoms with van der Waals surface area (Å²) in [6.45, 7) is 4.47. The predicted molar refractivity (Wildman–Crippen MR) is 94.2 cm³/mol. The molecular formula is C19H19N3O3. The molecule has 0 aliphatic heterocycles. The first-order valence-corrected chi connectivity index (χ1v) is 8.09. The molecule has 1 amide bonds. The van der Waals surface area contributed by atoms with Crippen LogP contribution < -0.4 is 10.1 Å². The van der Waals surface area contributed by atoms with Gasteiger partial charge in [-0.3, -0.25) is 4.98 Å². The Hall–Kier alpha value is -3.15. The highest BCUT2D eigenvalue weighted by molar-refractivity contribution is 5.74. The summed E-state index contributed by atoms with van der Waals surface area (Å²) in [4.78, 5) is 20.2. The molecule has 0 bridgehead atoms. The lowest BCUT2D eigenvalue weighted by Crippen LogP contribution is -2.27. The molecule has 25 heavy (non-hydrogen) atoms. The topological polar surface area (TPSA) is 77.2 Å². The fraction of sp³-hybridized carbons (Fsp3) is 0.211. The van der Waals surface area contributed by atoms with Crippen molar-refractivity contribution in [2.75, 3.05) is 6.54 Å². The van der Waals surface area contributed by atoms with E-state index in [0.29, 0.717) is 18.2 Å². The molecule has 6 nitrogen and oxygen atoms in total. The van der Waals surface area contributed by atoms with Crippen LogP contribution in [0.25, 0.3) is 22.6 Å². The molecule has 3 rings (SSSR count). The van der Waals surface area contributed by atoms with Gasteiger partial charge in [0.2, 0.25) is 5.89 Å². The van der Waals surface area contributed by atoms with Gasteiger partial charge < -0.3 is 14.5 Å². The molecule has 0 spiro atoms. The maximum absolute atomic E-state index is 11.8. The fourth-order valence-electron chi connectivity index (χ4n) is 2.33. The first kappa shape index (κ1) is 16.7. The molecule has 0 unspecified atom stereocenters. The number of oxazole rings is 1. The van der Waals surface area contributed by atoms with E-state index in [4.69, 9.17) is 9.15 Å². The van der Waals surface area contributed by atoms with E-state index >= 15 is 0 Å². The van der Waals surface area contributed by atoms with Crippen molar-refractivity contribution in [2.45, 2.75) is 20.3 Å². The van der Waals surface area contributed by atoms with Crippen LogP contribution in [0.1, 0.15) is 18.9 Å². The van der Waals surface area contributed by atoms with Crippen LogP contribution in [0.15, 0.2) is 53.5 Å². The summed E-state index contributed by atoms with van der Waals surface area (Å²) in [5.41, 5.74) is 3.44. The molecule has 0 atom stereocenters. The number of pyridine rings is 1. The van der Waals surface area contributed by atoms with Gasteiger partial charge in [0.05, 0.1) is 11.8 Å². The number of hydrogen-bond acceptors (Lipinski definition) is 5. The molecule has 0 aliphatic rings. The Labute approximate surface area is 145 Å². The number of carbonyl (C=O) groups excluding carboxylic acids is 1. The van der Waals surface area contributed by atoms with Crippen molar-refractivity contribution in [1.29, 1.82) is 0 Å². The third kappa shape index (κ3) is 4.03. The van der Waals surface area contributed by atoms with Crippen LogP contribution in [0.5, 0.6) is 5.75 Å². The lowest BCUT2D eigenvalue weighted by atomic mass is 10.0. The Balaban J connectivity index is 1.87. The lowest BCUT2D eigenvalue weighted by Gasteiger charge is -2.10. The van der Waals surface area contributed by atoms with E-state index in [1.165, 1.54) is 6.26 Å². The summed E-state index contributed by atoms with van der Waals surface area (Å²) in [7, 11) is 0. The Kier molecular flexibility index (Phi) is 5.09. The minimum atomic E-state index is -0.450. The Morgan fingerprint density at radius 1 is 1.20 bits per heavy atom. The number of hydrogen-bond donors (Lipinski definition) is 1. The molecule has 0 saturated heterocycles. The van der Waals surface area contributed by atoms with Crippen molar-refractivity contribution in [3.05, 3.63) is 54.7 Å². The zero-order chi connectivity index (χ0) is 17.6. The van der Waals surface area contributed by atoms with Crippen molar-refractivity contribution >= 4 is 6.09 Å². The van der Waals surface area contributed by atoms with Gasteiger partial charge in [-0.25, -0.2) is 9.78 Å². The first-order valence-electron chi connectivity index (χ1n) is 8.09. The summed E-state index contributed by atoms with van der Waals surface area (Å²) >= 11 is 0. The van der Waals surface area contributed by atoms with Crippen LogP contribution in [-0.2, 0) is 0 Å². The minimum Gasteiger partial charge on any atom is -0.444 e. The van der Waals surface area contributed by atoms with Crippen molar-refractivity contribution < 1.29 is 13.9 Å². The standard InChI is InChI=1S/C19H19N3O3/c1-3-6-22-19(23)25-17-10-14(5-4-13(17)2)15-9-16(12-20-11-15)18-21-7-8-24-18/h4-5,7-12H,3,6H2,1-2H3,(H,22,23). The van der Waals surface area contributed by atoms with E-state index in [-0.39, 0.29) is 0 Å². The summed E-state index contributed by atoms with van der Waals surface area (Å²) in [5, 5.41) is 2.70. The van der Waals surface area contributed by atoms with Crippen molar-refractivity contribution in [3.8, 4) is 28.3 Å². The van der Waals surface area contributed by atoms with Crippen LogP contribution in [-0.4, -0.2) is 22.6 Å². The number of ether oxygens (including phenoxy) is 1. The van der Waals surface area contributed by atoms with Gasteiger partial charge in [-0.2, -0.15) is 0 Å². The van der Waals surface area contributed by atoms with E-state index in [0.717, 1.165) is 28.7 Å². The van der Waals surface area contributed by atoms with E-state index in [1.54, 1.807) is 18.6 Å². The maximum Gasteiger partial charge on any atom is 0.412 e. The third-order valence-electron chi connectivity index (χ3n) is 3.66. The Morgan fingerprint density at radius 2 is 2.04 bits per heavy atom. The second-order valence-corrected chi connectivity index (χ2v) is 5.60. The van der Waals surface area contributed by atoms with Crippen molar-refractivity contribution in [1.82, 2.24) is 15.3 Å². The number of rotatable bonds is 5. The van der Waals surface area contributed by atoms with Crippen molar-refractivity contribution in [3.63, 3.8) is 0 Å². The number of nitrogens with one attached hydrogen (secondary N) is 1. The average molecular weight is 337 g/mol. The van der Waals surface area contributed by atoms with Gasteiger partial charge >= 0.3 is 6.09 Å². The van der Waals surface area contributed by atoms with Crippen LogP contribution in [0.2, 0.25) is 0 Å². The molecule has 6 heteroatoms. The van der Waals surface area contributed by atoms with E-state index < -0.39 is 6.09 Å². The molecule has 3 aromatic rings. The largest absolute Gasteiger partial charge is 0.444 e. The zero-order valence-electron chi connectivity index (χ0n) is 14.2. The zero-order valence-corrected chi connectivity index (χ0v) is 14.2. The number of aryl methyl sites for hydroxylation is 1. The van der Waals surface area contributed by atoms with Gasteiger partial charge in [-0.1, -0.05) is 19.1 Å². The summed E-state index contributed by atoms with van der Waals surface area (Å²) in [6.07, 6.45) is 6.96. The maximum atomic E-state index is 11.8. The van der Waals surface area contributed by atoms with Crippen LogP contribution in [0, 0.1) is 6.92 Å². The molecule has 1 aromatic carbocycles. The number of amides is 1. The lowest BCUT2D eigenvalue weighted by molar-refractivity contribution is 0.200. The van der Waals surface area contributed by atoms with E-state index in [9.17, 15) is 4.79 Å². The molecule has 0 radical (unpaired) electrons. The van der Waals surface area contributed by atoms with Crippen LogP contribution in [0.4, 0.5) is 4.79 Å². The highest BCUT2D eigenvalue weighted by Crippen LogP contribution is 2.29. The molecule has 0 aliphatic carbocycles. The molecule has 2 heterocycles. The monoisotopic (exact) mass is 337 g/mol. The van der Waals surface area contributed by atoms with E-state index in [2.05, 4.69) is 15.3 Å². The fourth-order valence-corrected chi connectivity index (χ4v) is 2.33. The number of nitrogens with zero attached hydrogens (tertiary/aromatic N) is 2. The molecular weight excluding hydrogens is 318 g/mol. The summed E-state index contributed by atoms with van der Waals surface area (Å²) < 4.78 is 10.7. The van der Waals surface area contributed by atoms with Gasteiger partial charge in [0.1, 0.15) is 12.0 Å². The number of benzene rings is 1. The molecule has 0 fully saturated rings.